The largest absolute Gasteiger partial charge is 0.391 e. The van der Waals surface area contributed by atoms with Gasteiger partial charge in [-0.05, 0) is 37.8 Å². The van der Waals surface area contributed by atoms with Crippen molar-refractivity contribution < 1.29 is 13.5 Å². The molecule has 0 fully saturated rings. The highest BCUT2D eigenvalue weighted by atomic mass is 32.2. The monoisotopic (exact) mass is 291 g/mol. The highest BCUT2D eigenvalue weighted by Gasteiger charge is 2.21. The van der Waals surface area contributed by atoms with Crippen molar-refractivity contribution in [1.82, 2.24) is 4.72 Å². The van der Waals surface area contributed by atoms with E-state index in [4.69, 9.17) is 5.11 Å². The van der Waals surface area contributed by atoms with Crippen LogP contribution in [-0.4, -0.2) is 19.6 Å². The minimum Gasteiger partial charge on any atom is -0.391 e. The second-order valence-electron chi connectivity index (χ2n) is 4.98. The summed E-state index contributed by atoms with van der Waals surface area (Å²) in [5.74, 6) is 0.445. The van der Waals surface area contributed by atoms with Crippen LogP contribution in [0.1, 0.15) is 37.6 Å². The Morgan fingerprint density at radius 1 is 1.39 bits per heavy atom. The van der Waals surface area contributed by atoms with E-state index in [1.54, 1.807) is 13.0 Å². The van der Waals surface area contributed by atoms with Crippen molar-refractivity contribution in [3.05, 3.63) is 16.5 Å². The predicted octanol–water partition coefficient (Wildman–Crippen LogP) is 2.26. The summed E-state index contributed by atoms with van der Waals surface area (Å²) in [6.07, 6.45) is 0.802. The molecule has 1 unspecified atom stereocenters. The van der Waals surface area contributed by atoms with Crippen LogP contribution in [0.5, 0.6) is 0 Å². The quantitative estimate of drug-likeness (QED) is 0.845. The van der Waals surface area contributed by atoms with Gasteiger partial charge in [0.15, 0.2) is 0 Å². The highest BCUT2D eigenvalue weighted by molar-refractivity contribution is 7.91. The van der Waals surface area contributed by atoms with Gasteiger partial charge in [-0.1, -0.05) is 13.8 Å². The Morgan fingerprint density at radius 3 is 2.44 bits per heavy atom. The number of nitrogens with one attached hydrogen (secondary N) is 1. The lowest BCUT2D eigenvalue weighted by Gasteiger charge is -2.15. The number of aliphatic hydroxyl groups excluding tert-OH is 1. The number of aliphatic hydroxyl groups is 1. The molecule has 0 aliphatic rings. The van der Waals surface area contributed by atoms with Crippen molar-refractivity contribution in [3.8, 4) is 0 Å². The van der Waals surface area contributed by atoms with Crippen LogP contribution in [0.15, 0.2) is 10.3 Å². The number of aryl methyl sites for hydroxylation is 1. The van der Waals surface area contributed by atoms with Crippen LogP contribution in [0.25, 0.3) is 0 Å². The van der Waals surface area contributed by atoms with Crippen molar-refractivity contribution in [2.45, 2.75) is 51.0 Å². The fraction of sp³-hybridized carbons (Fsp3) is 0.667. The van der Waals surface area contributed by atoms with Gasteiger partial charge in [0.25, 0.3) is 0 Å². The summed E-state index contributed by atoms with van der Waals surface area (Å²) >= 11 is 1.13. The molecule has 2 N–H and O–H groups in total. The Labute approximate surface area is 113 Å². The molecule has 104 valence electrons. The second-order valence-corrected chi connectivity index (χ2v) is 8.06. The molecule has 1 aromatic heterocycles. The lowest BCUT2D eigenvalue weighted by atomic mass is 10.1. The molecule has 0 saturated heterocycles. The van der Waals surface area contributed by atoms with Crippen LogP contribution >= 0.6 is 11.3 Å². The van der Waals surface area contributed by atoms with Crippen molar-refractivity contribution in [2.24, 2.45) is 5.92 Å². The normalized spacial score (nSPS) is 14.1. The zero-order valence-corrected chi connectivity index (χ0v) is 12.9. The maximum atomic E-state index is 12.1. The Balaban J connectivity index is 2.86. The molecular weight excluding hydrogens is 270 g/mol. The molecule has 6 heteroatoms. The van der Waals surface area contributed by atoms with Crippen LogP contribution in [0, 0.1) is 12.8 Å². The molecule has 1 atom stereocenters. The number of rotatable bonds is 6. The fourth-order valence-electron chi connectivity index (χ4n) is 1.86. The van der Waals surface area contributed by atoms with Gasteiger partial charge in [0, 0.05) is 10.9 Å². The molecule has 0 aliphatic heterocycles. The molecule has 1 rings (SSSR count). The van der Waals surface area contributed by atoms with Crippen molar-refractivity contribution in [1.29, 1.82) is 0 Å². The fourth-order valence-corrected chi connectivity index (χ4v) is 4.58. The van der Waals surface area contributed by atoms with E-state index in [-0.39, 0.29) is 16.9 Å². The van der Waals surface area contributed by atoms with Crippen molar-refractivity contribution >= 4 is 21.4 Å². The lowest BCUT2D eigenvalue weighted by molar-refractivity contribution is 0.285. The number of hydrogen-bond donors (Lipinski definition) is 2. The van der Waals surface area contributed by atoms with Gasteiger partial charge in [0.05, 0.1) is 6.61 Å². The summed E-state index contributed by atoms with van der Waals surface area (Å²) in [5, 5.41) is 9.09. The van der Waals surface area contributed by atoms with E-state index in [0.717, 1.165) is 23.3 Å². The molecule has 0 radical (unpaired) electrons. The zero-order chi connectivity index (χ0) is 13.9. The molecule has 1 heterocycles. The maximum absolute atomic E-state index is 12.1. The minimum absolute atomic E-state index is 0.0880. The third kappa shape index (κ3) is 4.05. The Hall–Kier alpha value is -0.430. The van der Waals surface area contributed by atoms with Gasteiger partial charge in [-0.2, -0.15) is 0 Å². The third-order valence-corrected chi connectivity index (χ3v) is 5.87. The predicted molar refractivity (Wildman–Crippen MR) is 74.2 cm³/mol. The Bertz CT molecular complexity index is 491. The molecule has 0 amide bonds. The molecule has 0 spiro atoms. The van der Waals surface area contributed by atoms with Crippen LogP contribution < -0.4 is 4.72 Å². The maximum Gasteiger partial charge on any atom is 0.250 e. The number of thiophene rings is 1. The SMILES string of the molecule is Cc1cc(S(=O)(=O)NC(C)CC(C)C)sc1CO. The number of hydrogen-bond acceptors (Lipinski definition) is 4. The summed E-state index contributed by atoms with van der Waals surface area (Å²) in [5.41, 5.74) is 0.819. The van der Waals surface area contributed by atoms with Crippen molar-refractivity contribution in [3.63, 3.8) is 0 Å². The van der Waals surface area contributed by atoms with Gasteiger partial charge in [-0.3, -0.25) is 0 Å². The summed E-state index contributed by atoms with van der Waals surface area (Å²) in [6, 6.07) is 1.52. The molecular formula is C12H21NO3S2. The Morgan fingerprint density at radius 2 is 2.00 bits per heavy atom. The molecule has 0 aliphatic carbocycles. The van der Waals surface area contributed by atoms with Gasteiger partial charge in [0.2, 0.25) is 10.0 Å². The first-order valence-corrected chi connectivity index (χ1v) is 8.28. The highest BCUT2D eigenvalue weighted by Crippen LogP contribution is 2.26. The average molecular weight is 291 g/mol. The van der Waals surface area contributed by atoms with Crippen LogP contribution in [-0.2, 0) is 16.6 Å². The van der Waals surface area contributed by atoms with E-state index in [2.05, 4.69) is 18.6 Å². The first kappa shape index (κ1) is 15.6. The molecule has 0 saturated carbocycles. The Kier molecular flexibility index (Phi) is 5.33. The summed E-state index contributed by atoms with van der Waals surface area (Å²) in [6.45, 7) is 7.67. The van der Waals surface area contributed by atoms with Gasteiger partial charge in [-0.25, -0.2) is 13.1 Å². The molecule has 4 nitrogen and oxygen atoms in total. The molecule has 18 heavy (non-hydrogen) atoms. The topological polar surface area (TPSA) is 66.4 Å². The standard InChI is InChI=1S/C12H21NO3S2/c1-8(2)5-10(4)13-18(15,16)12-6-9(3)11(7-14)17-12/h6,8,10,13-14H,5,7H2,1-4H3. The van der Waals surface area contributed by atoms with E-state index < -0.39 is 10.0 Å². The molecule has 1 aromatic rings. The summed E-state index contributed by atoms with van der Waals surface area (Å²) in [7, 11) is -3.46. The average Bonchev–Trinajstić information content (AvgIpc) is 2.57. The lowest BCUT2D eigenvalue weighted by Crippen LogP contribution is -2.33. The summed E-state index contributed by atoms with van der Waals surface area (Å²) in [4.78, 5) is 0.701. The van der Waals surface area contributed by atoms with Crippen LogP contribution in [0.4, 0.5) is 0 Å². The zero-order valence-electron chi connectivity index (χ0n) is 11.2. The van der Waals surface area contributed by atoms with E-state index in [1.807, 2.05) is 6.92 Å². The van der Waals surface area contributed by atoms with Gasteiger partial charge >= 0.3 is 0 Å². The first-order valence-electron chi connectivity index (χ1n) is 5.98. The third-order valence-electron chi connectivity index (χ3n) is 2.59. The van der Waals surface area contributed by atoms with Gasteiger partial charge in [0.1, 0.15) is 4.21 Å². The molecule has 0 bridgehead atoms. The van der Waals surface area contributed by atoms with E-state index in [9.17, 15) is 8.42 Å². The second kappa shape index (κ2) is 6.14. The van der Waals surface area contributed by atoms with Crippen LogP contribution in [0.2, 0.25) is 0 Å². The molecule has 0 aromatic carbocycles. The first-order chi connectivity index (χ1) is 8.26. The number of sulfonamides is 1. The van der Waals surface area contributed by atoms with Crippen molar-refractivity contribution in [2.75, 3.05) is 0 Å². The van der Waals surface area contributed by atoms with E-state index >= 15 is 0 Å². The van der Waals surface area contributed by atoms with Crippen LogP contribution in [0.3, 0.4) is 0 Å². The summed E-state index contributed by atoms with van der Waals surface area (Å²) < 4.78 is 27.2. The van der Waals surface area contributed by atoms with E-state index in [0.29, 0.717) is 10.8 Å². The smallest absolute Gasteiger partial charge is 0.250 e. The minimum atomic E-state index is -3.46. The van der Waals surface area contributed by atoms with Gasteiger partial charge < -0.3 is 5.11 Å². The van der Waals surface area contributed by atoms with E-state index in [1.165, 1.54) is 0 Å². The van der Waals surface area contributed by atoms with Gasteiger partial charge in [-0.15, -0.1) is 11.3 Å².